The van der Waals surface area contributed by atoms with E-state index in [2.05, 4.69) is 9.82 Å². The number of nitrogens with two attached hydrogens (primary N) is 1. The molecule has 2 aliphatic rings. The summed E-state index contributed by atoms with van der Waals surface area (Å²) in [5.41, 5.74) is 8.18. The van der Waals surface area contributed by atoms with Gasteiger partial charge in [0.05, 0.1) is 11.4 Å². The average Bonchev–Trinajstić information content (AvgIpc) is 3.48. The van der Waals surface area contributed by atoms with E-state index in [4.69, 9.17) is 5.73 Å². The summed E-state index contributed by atoms with van der Waals surface area (Å²) in [7, 11) is -3.70. The first-order valence-corrected chi connectivity index (χ1v) is 9.90. The highest BCUT2D eigenvalue weighted by Gasteiger charge is 2.42. The topological polar surface area (TPSA) is 90.0 Å². The van der Waals surface area contributed by atoms with Crippen molar-refractivity contribution in [3.63, 3.8) is 0 Å². The first kappa shape index (κ1) is 15.7. The molecule has 4 rings (SSSR count). The van der Waals surface area contributed by atoms with Gasteiger partial charge in [-0.3, -0.25) is 9.40 Å². The fraction of sp³-hybridized carbons (Fsp3) is 0.471. The monoisotopic (exact) mass is 346 g/mol. The zero-order valence-electron chi connectivity index (χ0n) is 13.7. The van der Waals surface area contributed by atoms with Crippen LogP contribution in [0.1, 0.15) is 49.8 Å². The normalized spacial score (nSPS) is 19.2. The van der Waals surface area contributed by atoms with E-state index < -0.39 is 15.6 Å². The van der Waals surface area contributed by atoms with Gasteiger partial charge in [-0.15, -0.1) is 0 Å². The second kappa shape index (κ2) is 5.32. The summed E-state index contributed by atoms with van der Waals surface area (Å²) in [4.78, 5) is 0. The molecule has 0 saturated heterocycles. The van der Waals surface area contributed by atoms with Crippen LogP contribution in [0.2, 0.25) is 0 Å². The van der Waals surface area contributed by atoms with Gasteiger partial charge in [0, 0.05) is 24.1 Å². The number of hydrogen-bond acceptors (Lipinski definition) is 4. The molecule has 24 heavy (non-hydrogen) atoms. The molecule has 2 saturated carbocycles. The van der Waals surface area contributed by atoms with Crippen LogP contribution < -0.4 is 10.5 Å². The van der Waals surface area contributed by atoms with E-state index in [1.807, 2.05) is 25.1 Å². The summed E-state index contributed by atoms with van der Waals surface area (Å²) in [6.07, 6.45) is 3.94. The number of hydrogen-bond donors (Lipinski definition) is 2. The number of aryl methyl sites for hydroxylation is 1. The highest BCUT2D eigenvalue weighted by molar-refractivity contribution is 7.92. The first-order chi connectivity index (χ1) is 11.4. The molecule has 7 heteroatoms. The van der Waals surface area contributed by atoms with E-state index in [0.29, 0.717) is 18.2 Å². The summed E-state index contributed by atoms with van der Waals surface area (Å²) < 4.78 is 30.1. The second-order valence-corrected chi connectivity index (χ2v) is 8.43. The van der Waals surface area contributed by atoms with Crippen molar-refractivity contribution >= 4 is 15.7 Å². The van der Waals surface area contributed by atoms with Crippen LogP contribution in [0.5, 0.6) is 0 Å². The van der Waals surface area contributed by atoms with Gasteiger partial charge >= 0.3 is 0 Å². The number of aromatic nitrogens is 2. The number of benzene rings is 1. The molecule has 0 amide bonds. The Bertz CT molecular complexity index is 880. The van der Waals surface area contributed by atoms with Gasteiger partial charge in [0.2, 0.25) is 0 Å². The van der Waals surface area contributed by atoms with Gasteiger partial charge < -0.3 is 5.73 Å². The standard InChI is InChI=1S/C17H22N4O2S/c1-2-21-16(11-15(19-21)12-7-8-12)24(22,23)20-14-6-4-3-5-13(14)17(18)9-10-17/h3-6,11-12,20H,2,7-10,18H2,1H3. The van der Waals surface area contributed by atoms with Crippen molar-refractivity contribution in [3.8, 4) is 0 Å². The maximum absolute atomic E-state index is 12.9. The Labute approximate surface area is 142 Å². The molecule has 128 valence electrons. The fourth-order valence-corrected chi connectivity index (χ4v) is 4.34. The smallest absolute Gasteiger partial charge is 0.279 e. The van der Waals surface area contributed by atoms with Crippen molar-refractivity contribution in [1.29, 1.82) is 0 Å². The molecule has 0 atom stereocenters. The van der Waals surface area contributed by atoms with Crippen molar-refractivity contribution in [3.05, 3.63) is 41.6 Å². The molecule has 1 heterocycles. The zero-order valence-corrected chi connectivity index (χ0v) is 14.5. The molecule has 2 fully saturated rings. The average molecular weight is 346 g/mol. The lowest BCUT2D eigenvalue weighted by atomic mass is 10.0. The minimum Gasteiger partial charge on any atom is -0.321 e. The Kier molecular flexibility index (Phi) is 3.47. The van der Waals surface area contributed by atoms with Crippen molar-refractivity contribution < 1.29 is 8.42 Å². The minimum atomic E-state index is -3.70. The van der Waals surface area contributed by atoms with Crippen LogP contribution in [0.4, 0.5) is 5.69 Å². The Morgan fingerprint density at radius 2 is 2.04 bits per heavy atom. The van der Waals surface area contributed by atoms with E-state index in [1.165, 1.54) is 0 Å². The van der Waals surface area contributed by atoms with Gasteiger partial charge in [-0.2, -0.15) is 13.5 Å². The predicted octanol–water partition coefficient (Wildman–Crippen LogP) is 2.53. The van der Waals surface area contributed by atoms with E-state index in [-0.39, 0.29) is 5.03 Å². The Balaban J connectivity index is 1.69. The molecule has 2 aromatic rings. The van der Waals surface area contributed by atoms with Crippen molar-refractivity contribution in [2.24, 2.45) is 5.73 Å². The Morgan fingerprint density at radius 1 is 1.33 bits per heavy atom. The minimum absolute atomic E-state index is 0.226. The maximum atomic E-state index is 12.9. The van der Waals surface area contributed by atoms with Crippen LogP contribution in [0, 0.1) is 0 Å². The van der Waals surface area contributed by atoms with Gasteiger partial charge in [0.1, 0.15) is 0 Å². The van der Waals surface area contributed by atoms with Gasteiger partial charge in [-0.25, -0.2) is 0 Å². The van der Waals surface area contributed by atoms with Gasteiger partial charge in [-0.05, 0) is 44.2 Å². The lowest BCUT2D eigenvalue weighted by Crippen LogP contribution is -2.23. The van der Waals surface area contributed by atoms with E-state index in [1.54, 1.807) is 16.8 Å². The zero-order chi connectivity index (χ0) is 16.9. The van der Waals surface area contributed by atoms with Gasteiger partial charge in [0.15, 0.2) is 5.03 Å². The van der Waals surface area contributed by atoms with Gasteiger partial charge in [0.25, 0.3) is 10.0 Å². The maximum Gasteiger partial charge on any atom is 0.279 e. The third-order valence-electron chi connectivity index (χ3n) is 4.83. The summed E-state index contributed by atoms with van der Waals surface area (Å²) in [5.74, 6) is 0.415. The quantitative estimate of drug-likeness (QED) is 0.841. The molecule has 0 unspecified atom stereocenters. The summed E-state index contributed by atoms with van der Waals surface area (Å²) >= 11 is 0. The molecule has 0 aliphatic heterocycles. The molecule has 2 aliphatic carbocycles. The molecule has 0 radical (unpaired) electrons. The second-order valence-electron chi connectivity index (χ2n) is 6.80. The van der Waals surface area contributed by atoms with E-state index in [0.717, 1.165) is 36.9 Å². The summed E-state index contributed by atoms with van der Waals surface area (Å²) in [6, 6.07) is 9.09. The predicted molar refractivity (Wildman–Crippen MR) is 92.2 cm³/mol. The molecule has 0 spiro atoms. The van der Waals surface area contributed by atoms with Crippen molar-refractivity contribution in [2.45, 2.75) is 55.6 Å². The molecule has 3 N–H and O–H groups in total. The third kappa shape index (κ3) is 2.71. The van der Waals surface area contributed by atoms with Crippen LogP contribution in [0.15, 0.2) is 35.4 Å². The number of para-hydroxylation sites is 1. The highest BCUT2D eigenvalue weighted by atomic mass is 32.2. The molecular formula is C17H22N4O2S. The largest absolute Gasteiger partial charge is 0.321 e. The van der Waals surface area contributed by atoms with Crippen LogP contribution in [-0.2, 0) is 22.1 Å². The first-order valence-electron chi connectivity index (χ1n) is 8.42. The SMILES string of the molecule is CCn1nc(C2CC2)cc1S(=O)(=O)Nc1ccccc1C1(N)CC1. The third-order valence-corrected chi connectivity index (χ3v) is 6.20. The van der Waals surface area contributed by atoms with E-state index in [9.17, 15) is 8.42 Å². The molecule has 1 aromatic heterocycles. The lowest BCUT2D eigenvalue weighted by molar-refractivity contribution is 0.555. The molecule has 1 aromatic carbocycles. The summed E-state index contributed by atoms with van der Waals surface area (Å²) in [6.45, 7) is 2.42. The molecule has 6 nitrogen and oxygen atoms in total. The van der Waals surface area contributed by atoms with Crippen LogP contribution in [-0.4, -0.2) is 18.2 Å². The Morgan fingerprint density at radius 3 is 2.67 bits per heavy atom. The molecule has 0 bridgehead atoms. The van der Waals surface area contributed by atoms with Crippen LogP contribution >= 0.6 is 0 Å². The van der Waals surface area contributed by atoms with Crippen LogP contribution in [0.3, 0.4) is 0 Å². The lowest BCUT2D eigenvalue weighted by Gasteiger charge is -2.16. The number of nitrogens with zero attached hydrogens (tertiary/aromatic N) is 2. The number of anilines is 1. The van der Waals surface area contributed by atoms with E-state index >= 15 is 0 Å². The van der Waals surface area contributed by atoms with Gasteiger partial charge in [-0.1, -0.05) is 18.2 Å². The van der Waals surface area contributed by atoms with Crippen molar-refractivity contribution in [2.75, 3.05) is 4.72 Å². The highest BCUT2D eigenvalue weighted by Crippen LogP contribution is 2.46. The summed E-state index contributed by atoms with van der Waals surface area (Å²) in [5, 5.41) is 4.68. The molecular weight excluding hydrogens is 324 g/mol. The van der Waals surface area contributed by atoms with Crippen molar-refractivity contribution in [1.82, 2.24) is 9.78 Å². The number of sulfonamides is 1. The van der Waals surface area contributed by atoms with Crippen LogP contribution in [0.25, 0.3) is 0 Å². The Hall–Kier alpha value is -1.86. The number of nitrogens with one attached hydrogen (secondary N) is 1. The fourth-order valence-electron chi connectivity index (χ4n) is 3.05. The number of rotatable bonds is 6.